The zero-order valence-electron chi connectivity index (χ0n) is 12.8. The number of benzene rings is 2. The summed E-state index contributed by atoms with van der Waals surface area (Å²) in [6.07, 6.45) is 0. The molecule has 0 aliphatic rings. The summed E-state index contributed by atoms with van der Waals surface area (Å²) in [5, 5.41) is 3.56. The highest BCUT2D eigenvalue weighted by Gasteiger charge is 2.16. The topological polar surface area (TPSA) is 21.3 Å². The Bertz CT molecular complexity index is 580. The molecular weight excluding hydrogens is 326 g/mol. The molecule has 3 heteroatoms. The van der Waals surface area contributed by atoms with Crippen LogP contribution in [0.3, 0.4) is 0 Å². The standard InChI is InChI=1S/C18H22BrNO/c1-4-20-18(16-12-13(3)6-11-17(16)19)14-7-9-15(10-8-14)21-5-2/h6-12,18,20H,4-5H2,1-3H3. The lowest BCUT2D eigenvalue weighted by Gasteiger charge is -2.21. The average Bonchev–Trinajstić information content (AvgIpc) is 2.49. The van der Waals surface area contributed by atoms with E-state index >= 15 is 0 Å². The van der Waals surface area contributed by atoms with Crippen molar-refractivity contribution < 1.29 is 4.74 Å². The summed E-state index contributed by atoms with van der Waals surface area (Å²) in [6.45, 7) is 7.86. The third kappa shape index (κ3) is 4.08. The van der Waals surface area contributed by atoms with Crippen LogP contribution in [-0.4, -0.2) is 13.2 Å². The molecule has 1 atom stereocenters. The second kappa shape index (κ2) is 7.62. The molecule has 0 radical (unpaired) electrons. The normalized spacial score (nSPS) is 12.2. The van der Waals surface area contributed by atoms with Crippen LogP contribution in [0, 0.1) is 6.92 Å². The molecule has 0 bridgehead atoms. The van der Waals surface area contributed by atoms with E-state index in [0.29, 0.717) is 6.61 Å². The lowest BCUT2D eigenvalue weighted by atomic mass is 9.97. The Morgan fingerprint density at radius 2 is 1.81 bits per heavy atom. The first-order valence-corrected chi connectivity index (χ1v) is 8.17. The van der Waals surface area contributed by atoms with Gasteiger partial charge in [0.05, 0.1) is 12.6 Å². The minimum atomic E-state index is 0.181. The molecule has 112 valence electrons. The molecule has 0 amide bonds. The molecule has 0 saturated carbocycles. The minimum Gasteiger partial charge on any atom is -0.494 e. The van der Waals surface area contributed by atoms with Crippen LogP contribution in [0.4, 0.5) is 0 Å². The zero-order valence-corrected chi connectivity index (χ0v) is 14.4. The Hall–Kier alpha value is -1.32. The number of aryl methyl sites for hydroxylation is 1. The lowest BCUT2D eigenvalue weighted by molar-refractivity contribution is 0.340. The van der Waals surface area contributed by atoms with Gasteiger partial charge in [0, 0.05) is 4.47 Å². The van der Waals surface area contributed by atoms with Crippen LogP contribution in [0.15, 0.2) is 46.9 Å². The Morgan fingerprint density at radius 1 is 1.10 bits per heavy atom. The van der Waals surface area contributed by atoms with Crippen molar-refractivity contribution in [2.45, 2.75) is 26.8 Å². The van der Waals surface area contributed by atoms with Crippen LogP contribution in [0.25, 0.3) is 0 Å². The van der Waals surface area contributed by atoms with Gasteiger partial charge in [0.2, 0.25) is 0 Å². The predicted molar refractivity (Wildman–Crippen MR) is 92.0 cm³/mol. The van der Waals surface area contributed by atoms with Crippen LogP contribution < -0.4 is 10.1 Å². The van der Waals surface area contributed by atoms with Gasteiger partial charge < -0.3 is 10.1 Å². The van der Waals surface area contributed by atoms with Gasteiger partial charge in [0.1, 0.15) is 5.75 Å². The molecule has 2 aromatic rings. The molecule has 0 aliphatic heterocycles. The fourth-order valence-electron chi connectivity index (χ4n) is 2.42. The molecule has 2 rings (SSSR count). The van der Waals surface area contributed by atoms with Gasteiger partial charge in [0.15, 0.2) is 0 Å². The maximum absolute atomic E-state index is 5.52. The Balaban J connectivity index is 2.35. The molecule has 2 nitrogen and oxygen atoms in total. The van der Waals surface area contributed by atoms with Gasteiger partial charge in [-0.3, -0.25) is 0 Å². The summed E-state index contributed by atoms with van der Waals surface area (Å²) >= 11 is 3.67. The van der Waals surface area contributed by atoms with E-state index in [9.17, 15) is 0 Å². The fraction of sp³-hybridized carbons (Fsp3) is 0.333. The molecule has 2 aromatic carbocycles. The molecule has 21 heavy (non-hydrogen) atoms. The van der Waals surface area contributed by atoms with E-state index in [2.05, 4.69) is 65.4 Å². The Kier molecular flexibility index (Phi) is 5.83. The SMILES string of the molecule is CCNC(c1ccc(OCC)cc1)c1cc(C)ccc1Br. The molecule has 0 saturated heterocycles. The highest BCUT2D eigenvalue weighted by atomic mass is 79.9. The average molecular weight is 348 g/mol. The van der Waals surface area contributed by atoms with Crippen molar-refractivity contribution in [1.29, 1.82) is 0 Å². The van der Waals surface area contributed by atoms with E-state index in [1.807, 2.05) is 19.1 Å². The van der Waals surface area contributed by atoms with Crippen molar-refractivity contribution in [1.82, 2.24) is 5.32 Å². The van der Waals surface area contributed by atoms with Crippen molar-refractivity contribution in [2.24, 2.45) is 0 Å². The highest BCUT2D eigenvalue weighted by Crippen LogP contribution is 2.30. The molecule has 0 spiro atoms. The van der Waals surface area contributed by atoms with Crippen LogP contribution in [-0.2, 0) is 0 Å². The first-order chi connectivity index (χ1) is 10.2. The van der Waals surface area contributed by atoms with Crippen molar-refractivity contribution in [2.75, 3.05) is 13.2 Å². The highest BCUT2D eigenvalue weighted by molar-refractivity contribution is 9.10. The zero-order chi connectivity index (χ0) is 15.2. The van der Waals surface area contributed by atoms with E-state index in [0.717, 1.165) is 16.8 Å². The van der Waals surface area contributed by atoms with Crippen LogP contribution >= 0.6 is 15.9 Å². The smallest absolute Gasteiger partial charge is 0.119 e. The summed E-state index contributed by atoms with van der Waals surface area (Å²) < 4.78 is 6.65. The van der Waals surface area contributed by atoms with E-state index in [4.69, 9.17) is 4.74 Å². The summed E-state index contributed by atoms with van der Waals surface area (Å²) in [4.78, 5) is 0. The number of rotatable bonds is 6. The van der Waals surface area contributed by atoms with E-state index in [-0.39, 0.29) is 6.04 Å². The van der Waals surface area contributed by atoms with Crippen molar-refractivity contribution in [3.8, 4) is 5.75 Å². The van der Waals surface area contributed by atoms with E-state index in [1.165, 1.54) is 16.7 Å². The van der Waals surface area contributed by atoms with Gasteiger partial charge in [-0.05, 0) is 49.7 Å². The first-order valence-electron chi connectivity index (χ1n) is 7.37. The van der Waals surface area contributed by atoms with Gasteiger partial charge in [-0.25, -0.2) is 0 Å². The van der Waals surface area contributed by atoms with Gasteiger partial charge in [-0.2, -0.15) is 0 Å². The summed E-state index contributed by atoms with van der Waals surface area (Å²) in [6, 6.07) is 15.0. The maximum atomic E-state index is 5.52. The van der Waals surface area contributed by atoms with Gasteiger partial charge in [-0.1, -0.05) is 52.7 Å². The third-order valence-corrected chi connectivity index (χ3v) is 4.12. The molecule has 0 aliphatic carbocycles. The number of hydrogen-bond donors (Lipinski definition) is 1. The second-order valence-electron chi connectivity index (χ2n) is 5.02. The fourth-order valence-corrected chi connectivity index (χ4v) is 2.89. The van der Waals surface area contributed by atoms with Crippen LogP contribution in [0.1, 0.15) is 36.6 Å². The summed E-state index contributed by atoms with van der Waals surface area (Å²) in [7, 11) is 0. The first kappa shape index (κ1) is 16.1. The molecular formula is C18H22BrNO. The third-order valence-electron chi connectivity index (χ3n) is 3.40. The van der Waals surface area contributed by atoms with Gasteiger partial charge in [-0.15, -0.1) is 0 Å². The summed E-state index contributed by atoms with van der Waals surface area (Å²) in [5.41, 5.74) is 3.77. The molecule has 1 unspecified atom stereocenters. The van der Waals surface area contributed by atoms with Gasteiger partial charge in [0.25, 0.3) is 0 Å². The largest absolute Gasteiger partial charge is 0.494 e. The maximum Gasteiger partial charge on any atom is 0.119 e. The minimum absolute atomic E-state index is 0.181. The van der Waals surface area contributed by atoms with E-state index < -0.39 is 0 Å². The van der Waals surface area contributed by atoms with Crippen molar-refractivity contribution >= 4 is 15.9 Å². The Labute approximate surface area is 135 Å². The van der Waals surface area contributed by atoms with Gasteiger partial charge >= 0.3 is 0 Å². The van der Waals surface area contributed by atoms with Crippen molar-refractivity contribution in [3.05, 3.63) is 63.6 Å². The Morgan fingerprint density at radius 3 is 2.43 bits per heavy atom. The summed E-state index contributed by atoms with van der Waals surface area (Å²) in [5.74, 6) is 0.916. The molecule has 1 N–H and O–H groups in total. The second-order valence-corrected chi connectivity index (χ2v) is 5.87. The number of ether oxygens (including phenoxy) is 1. The van der Waals surface area contributed by atoms with E-state index in [1.54, 1.807) is 0 Å². The quantitative estimate of drug-likeness (QED) is 0.805. The number of halogens is 1. The van der Waals surface area contributed by atoms with Crippen LogP contribution in [0.5, 0.6) is 5.75 Å². The lowest BCUT2D eigenvalue weighted by Crippen LogP contribution is -2.22. The number of hydrogen-bond acceptors (Lipinski definition) is 2. The van der Waals surface area contributed by atoms with Crippen LogP contribution in [0.2, 0.25) is 0 Å². The number of nitrogens with one attached hydrogen (secondary N) is 1. The molecule has 0 fully saturated rings. The molecule has 0 heterocycles. The molecule has 0 aromatic heterocycles. The van der Waals surface area contributed by atoms with Crippen molar-refractivity contribution in [3.63, 3.8) is 0 Å². The monoisotopic (exact) mass is 347 g/mol. The predicted octanol–water partition coefficient (Wildman–Crippen LogP) is 4.86.